The molecule has 1 aromatic rings. The zero-order chi connectivity index (χ0) is 23.8. The minimum atomic E-state index is -4.37. The SMILES string of the molecule is CCC1C(C)(C)C1(CC)C(C=O)(CC)CSN1CCN(c2ccc(C(F)(F)F)cn2)CC1. The van der Waals surface area contributed by atoms with E-state index in [0.29, 0.717) is 24.8 Å². The molecule has 0 radical (unpaired) electrons. The molecule has 3 rings (SSSR count). The molecule has 1 aromatic heterocycles. The predicted molar refractivity (Wildman–Crippen MR) is 125 cm³/mol. The van der Waals surface area contributed by atoms with Gasteiger partial charge in [-0.15, -0.1) is 0 Å². The Morgan fingerprint density at radius 1 is 1.16 bits per heavy atom. The highest BCUT2D eigenvalue weighted by Gasteiger charge is 2.76. The highest BCUT2D eigenvalue weighted by atomic mass is 32.2. The van der Waals surface area contributed by atoms with Crippen molar-refractivity contribution in [1.29, 1.82) is 0 Å². The molecule has 3 atom stereocenters. The summed E-state index contributed by atoms with van der Waals surface area (Å²) >= 11 is 1.76. The Balaban J connectivity index is 1.62. The molecule has 0 spiro atoms. The molecule has 1 saturated carbocycles. The minimum absolute atomic E-state index is 0.0459. The van der Waals surface area contributed by atoms with Crippen molar-refractivity contribution in [3.05, 3.63) is 23.9 Å². The van der Waals surface area contributed by atoms with Crippen LogP contribution in [0.4, 0.5) is 19.0 Å². The quantitative estimate of drug-likeness (QED) is 0.330. The third kappa shape index (κ3) is 4.06. The van der Waals surface area contributed by atoms with Crippen molar-refractivity contribution in [2.75, 3.05) is 36.8 Å². The van der Waals surface area contributed by atoms with Gasteiger partial charge in [0.1, 0.15) is 12.1 Å². The largest absolute Gasteiger partial charge is 0.417 e. The van der Waals surface area contributed by atoms with Gasteiger partial charge in [0.25, 0.3) is 0 Å². The maximum Gasteiger partial charge on any atom is 0.417 e. The first kappa shape index (κ1) is 25.3. The van der Waals surface area contributed by atoms with E-state index in [1.807, 2.05) is 4.90 Å². The summed E-state index contributed by atoms with van der Waals surface area (Å²) in [6, 6.07) is 2.54. The lowest BCUT2D eigenvalue weighted by atomic mass is 9.67. The van der Waals surface area contributed by atoms with Gasteiger partial charge in [-0.25, -0.2) is 9.29 Å². The van der Waals surface area contributed by atoms with E-state index in [1.165, 1.54) is 12.4 Å². The number of hydrogen-bond donors (Lipinski definition) is 0. The average molecular weight is 472 g/mol. The Kier molecular flexibility index (Phi) is 7.26. The highest BCUT2D eigenvalue weighted by molar-refractivity contribution is 7.97. The monoisotopic (exact) mass is 471 g/mol. The van der Waals surface area contributed by atoms with Gasteiger partial charge in [-0.2, -0.15) is 13.2 Å². The number of nitrogens with zero attached hydrogens (tertiary/aromatic N) is 3. The summed E-state index contributed by atoms with van der Waals surface area (Å²) in [4.78, 5) is 18.6. The van der Waals surface area contributed by atoms with Crippen LogP contribution in [0.2, 0.25) is 0 Å². The van der Waals surface area contributed by atoms with Crippen molar-refractivity contribution in [3.63, 3.8) is 0 Å². The van der Waals surface area contributed by atoms with E-state index in [2.05, 4.69) is 43.9 Å². The van der Waals surface area contributed by atoms with Gasteiger partial charge in [0.05, 0.1) is 5.56 Å². The molecular formula is C24H36F3N3OS. The number of rotatable bonds is 9. The van der Waals surface area contributed by atoms with Crippen LogP contribution in [0.15, 0.2) is 18.3 Å². The first-order chi connectivity index (χ1) is 15.0. The molecule has 2 aliphatic rings. The number of piperazine rings is 1. The number of aldehydes is 1. The lowest BCUT2D eigenvalue weighted by Crippen LogP contribution is -2.46. The summed E-state index contributed by atoms with van der Waals surface area (Å²) in [5.41, 5.74) is -0.855. The molecule has 2 fully saturated rings. The molecular weight excluding hydrogens is 435 g/mol. The maximum atomic E-state index is 12.8. The van der Waals surface area contributed by atoms with Crippen molar-refractivity contribution in [2.24, 2.45) is 22.2 Å². The standard InChI is InChI=1S/C24H36F3N3OS/c1-6-19-21(4,5)23(19,8-3)22(7-2,16-31)17-32-30-13-11-29(12-14-30)20-10-9-18(15-28-20)24(25,26)27/h9-10,15-16,19H,6-8,11-14,17H2,1-5H3. The molecule has 8 heteroatoms. The second-order valence-electron chi connectivity index (χ2n) is 9.73. The van der Waals surface area contributed by atoms with E-state index in [-0.39, 0.29) is 16.2 Å². The van der Waals surface area contributed by atoms with Crippen LogP contribution in [0.25, 0.3) is 0 Å². The molecule has 1 saturated heterocycles. The molecule has 0 aromatic carbocycles. The smallest absolute Gasteiger partial charge is 0.354 e. The lowest BCUT2D eigenvalue weighted by molar-refractivity contribution is -0.137. The van der Waals surface area contributed by atoms with Crippen molar-refractivity contribution in [3.8, 4) is 0 Å². The normalized spacial score (nSPS) is 27.8. The predicted octanol–water partition coefficient (Wildman–Crippen LogP) is 5.93. The first-order valence-corrected chi connectivity index (χ1v) is 12.6. The van der Waals surface area contributed by atoms with Gasteiger partial charge >= 0.3 is 6.18 Å². The van der Waals surface area contributed by atoms with E-state index >= 15 is 0 Å². The van der Waals surface area contributed by atoms with Gasteiger partial charge in [-0.3, -0.25) is 0 Å². The third-order valence-electron chi connectivity index (χ3n) is 8.39. The number of hydrogen-bond acceptors (Lipinski definition) is 5. The molecule has 0 bridgehead atoms. The molecule has 32 heavy (non-hydrogen) atoms. The zero-order valence-electron chi connectivity index (χ0n) is 19.8. The Bertz CT molecular complexity index is 793. The topological polar surface area (TPSA) is 36.4 Å². The Labute approximate surface area is 194 Å². The molecule has 3 unspecified atom stereocenters. The van der Waals surface area contributed by atoms with E-state index in [1.54, 1.807) is 11.9 Å². The van der Waals surface area contributed by atoms with Crippen LogP contribution in [0, 0.1) is 22.2 Å². The van der Waals surface area contributed by atoms with Crippen LogP contribution < -0.4 is 4.90 Å². The van der Waals surface area contributed by atoms with Crippen LogP contribution in [0.3, 0.4) is 0 Å². The fraction of sp³-hybridized carbons (Fsp3) is 0.750. The van der Waals surface area contributed by atoms with Crippen LogP contribution >= 0.6 is 11.9 Å². The number of halogens is 3. The summed E-state index contributed by atoms with van der Waals surface area (Å²) in [7, 11) is 0. The van der Waals surface area contributed by atoms with Gasteiger partial charge in [0.2, 0.25) is 0 Å². The number of aromatic nitrogens is 1. The van der Waals surface area contributed by atoms with Gasteiger partial charge in [0, 0.05) is 43.5 Å². The number of pyridine rings is 1. The Morgan fingerprint density at radius 3 is 2.22 bits per heavy atom. The van der Waals surface area contributed by atoms with E-state index in [0.717, 1.165) is 50.4 Å². The zero-order valence-corrected chi connectivity index (χ0v) is 20.7. The molecule has 1 aliphatic carbocycles. The van der Waals surface area contributed by atoms with Gasteiger partial charge in [0.15, 0.2) is 0 Å². The summed E-state index contributed by atoms with van der Waals surface area (Å²) in [5, 5.41) is 0. The van der Waals surface area contributed by atoms with Crippen molar-refractivity contribution >= 4 is 24.1 Å². The molecule has 4 nitrogen and oxygen atoms in total. The molecule has 0 amide bonds. The molecule has 0 N–H and O–H groups in total. The molecule has 180 valence electrons. The van der Waals surface area contributed by atoms with E-state index in [4.69, 9.17) is 0 Å². The number of carbonyl (C=O) groups excluding carboxylic acids is 1. The van der Waals surface area contributed by atoms with Crippen molar-refractivity contribution in [1.82, 2.24) is 9.29 Å². The summed E-state index contributed by atoms with van der Waals surface area (Å²) in [6.45, 7) is 14.2. The third-order valence-corrected chi connectivity index (χ3v) is 9.76. The second kappa shape index (κ2) is 9.16. The van der Waals surface area contributed by atoms with E-state index in [9.17, 15) is 18.0 Å². The van der Waals surface area contributed by atoms with Crippen LogP contribution in [-0.4, -0.2) is 47.5 Å². The van der Waals surface area contributed by atoms with Crippen LogP contribution in [0.1, 0.15) is 59.4 Å². The number of anilines is 1. The van der Waals surface area contributed by atoms with Crippen LogP contribution in [-0.2, 0) is 11.0 Å². The van der Waals surface area contributed by atoms with E-state index < -0.39 is 11.7 Å². The van der Waals surface area contributed by atoms with Crippen LogP contribution in [0.5, 0.6) is 0 Å². The number of carbonyl (C=O) groups is 1. The van der Waals surface area contributed by atoms with Crippen molar-refractivity contribution in [2.45, 2.75) is 60.1 Å². The maximum absolute atomic E-state index is 12.8. The Morgan fingerprint density at radius 2 is 1.81 bits per heavy atom. The molecule has 2 heterocycles. The van der Waals surface area contributed by atoms with Gasteiger partial charge < -0.3 is 9.69 Å². The minimum Gasteiger partial charge on any atom is -0.354 e. The Hall–Kier alpha value is -1.28. The van der Waals surface area contributed by atoms with Gasteiger partial charge in [-0.05, 0) is 41.7 Å². The first-order valence-electron chi connectivity index (χ1n) is 11.6. The fourth-order valence-corrected chi connectivity index (χ4v) is 7.99. The molecule has 1 aliphatic heterocycles. The van der Waals surface area contributed by atoms with Gasteiger partial charge in [-0.1, -0.05) is 53.0 Å². The summed E-state index contributed by atoms with van der Waals surface area (Å²) in [6.07, 6.45) is 0.727. The van der Waals surface area contributed by atoms with Crippen molar-refractivity contribution < 1.29 is 18.0 Å². The average Bonchev–Trinajstić information content (AvgIpc) is 3.29. The summed E-state index contributed by atoms with van der Waals surface area (Å²) < 4.78 is 40.6. The summed E-state index contributed by atoms with van der Waals surface area (Å²) in [5.74, 6) is 1.92. The highest BCUT2D eigenvalue weighted by Crippen LogP contribution is 2.79. The number of alkyl halides is 3. The second-order valence-corrected chi connectivity index (χ2v) is 10.8. The lowest BCUT2D eigenvalue weighted by Gasteiger charge is -2.41. The fourth-order valence-electron chi connectivity index (χ4n) is 6.63.